The molecule has 3 nitrogen and oxygen atoms in total. The predicted octanol–water partition coefficient (Wildman–Crippen LogP) is 2.58. The number of amides is 1. The lowest BCUT2D eigenvalue weighted by Gasteiger charge is -2.23. The van der Waals surface area contributed by atoms with Gasteiger partial charge in [0.1, 0.15) is 0 Å². The van der Waals surface area contributed by atoms with Gasteiger partial charge < -0.3 is 10.6 Å². The number of thiophene rings is 1. The van der Waals surface area contributed by atoms with Crippen molar-refractivity contribution in [1.82, 2.24) is 10.6 Å². The van der Waals surface area contributed by atoms with E-state index in [0.29, 0.717) is 0 Å². The molecular formula is C12H17ClN2OS. The van der Waals surface area contributed by atoms with E-state index in [4.69, 9.17) is 11.6 Å². The molecular weight excluding hydrogens is 256 g/mol. The Morgan fingerprint density at radius 1 is 1.65 bits per heavy atom. The molecule has 94 valence electrons. The van der Waals surface area contributed by atoms with Gasteiger partial charge in [0.2, 0.25) is 5.91 Å². The highest BCUT2D eigenvalue weighted by atomic mass is 35.5. The fourth-order valence-electron chi connectivity index (χ4n) is 2.04. The number of piperidine rings is 1. The Kier molecular flexibility index (Phi) is 4.42. The van der Waals surface area contributed by atoms with Crippen LogP contribution in [-0.4, -0.2) is 19.0 Å². The first-order valence-electron chi connectivity index (χ1n) is 5.93. The second kappa shape index (κ2) is 5.85. The number of carbonyl (C=O) groups excluding carboxylic acids is 1. The molecule has 1 aliphatic heterocycles. The van der Waals surface area contributed by atoms with Crippen LogP contribution in [0.15, 0.2) is 12.1 Å². The Hall–Kier alpha value is -0.580. The molecule has 1 aromatic heterocycles. The highest BCUT2D eigenvalue weighted by molar-refractivity contribution is 7.16. The number of carbonyl (C=O) groups is 1. The van der Waals surface area contributed by atoms with E-state index in [9.17, 15) is 4.79 Å². The lowest BCUT2D eigenvalue weighted by Crippen LogP contribution is -2.41. The fourth-order valence-corrected chi connectivity index (χ4v) is 3.10. The van der Waals surface area contributed by atoms with Crippen molar-refractivity contribution in [2.45, 2.75) is 25.8 Å². The average Bonchev–Trinajstić information content (AvgIpc) is 2.77. The maximum atomic E-state index is 12.0. The van der Waals surface area contributed by atoms with Crippen LogP contribution >= 0.6 is 22.9 Å². The van der Waals surface area contributed by atoms with Gasteiger partial charge in [-0.2, -0.15) is 0 Å². The molecule has 1 aliphatic rings. The Morgan fingerprint density at radius 3 is 3.06 bits per heavy atom. The van der Waals surface area contributed by atoms with Gasteiger partial charge in [-0.3, -0.25) is 4.79 Å². The fraction of sp³-hybridized carbons (Fsp3) is 0.583. The second-order valence-electron chi connectivity index (χ2n) is 4.42. The van der Waals surface area contributed by atoms with E-state index in [1.807, 2.05) is 19.1 Å². The highest BCUT2D eigenvalue weighted by Crippen LogP contribution is 2.27. The van der Waals surface area contributed by atoms with E-state index in [2.05, 4.69) is 10.6 Å². The zero-order valence-corrected chi connectivity index (χ0v) is 11.4. The minimum Gasteiger partial charge on any atom is -0.348 e. The van der Waals surface area contributed by atoms with Gasteiger partial charge in [0.15, 0.2) is 0 Å². The summed E-state index contributed by atoms with van der Waals surface area (Å²) in [7, 11) is 0. The van der Waals surface area contributed by atoms with Gasteiger partial charge in [-0.15, -0.1) is 11.3 Å². The van der Waals surface area contributed by atoms with Gasteiger partial charge in [0, 0.05) is 11.4 Å². The van der Waals surface area contributed by atoms with Crippen LogP contribution in [-0.2, 0) is 4.79 Å². The molecule has 2 atom stereocenters. The van der Waals surface area contributed by atoms with Crippen LogP contribution in [0.25, 0.3) is 0 Å². The quantitative estimate of drug-likeness (QED) is 0.888. The van der Waals surface area contributed by atoms with Gasteiger partial charge in [-0.25, -0.2) is 0 Å². The summed E-state index contributed by atoms with van der Waals surface area (Å²) >= 11 is 7.41. The molecule has 2 N–H and O–H groups in total. The van der Waals surface area contributed by atoms with E-state index < -0.39 is 0 Å². The summed E-state index contributed by atoms with van der Waals surface area (Å²) < 4.78 is 0.764. The van der Waals surface area contributed by atoms with Crippen molar-refractivity contribution in [2.24, 2.45) is 5.92 Å². The molecule has 0 spiro atoms. The SMILES string of the molecule is CC(NC(=O)[C@@H]1CCCNC1)c1ccc(Cl)s1. The molecule has 1 amide bonds. The monoisotopic (exact) mass is 272 g/mol. The molecule has 17 heavy (non-hydrogen) atoms. The van der Waals surface area contributed by atoms with Crippen molar-refractivity contribution in [1.29, 1.82) is 0 Å². The first-order chi connectivity index (χ1) is 8.16. The summed E-state index contributed by atoms with van der Waals surface area (Å²) in [6.07, 6.45) is 2.06. The van der Waals surface area contributed by atoms with Gasteiger partial charge in [-0.1, -0.05) is 11.6 Å². The number of nitrogens with one attached hydrogen (secondary N) is 2. The Labute approximate surface area is 111 Å². The van der Waals surface area contributed by atoms with Gasteiger partial charge in [0.25, 0.3) is 0 Å². The predicted molar refractivity (Wildman–Crippen MR) is 71.5 cm³/mol. The third-order valence-electron chi connectivity index (χ3n) is 3.05. The highest BCUT2D eigenvalue weighted by Gasteiger charge is 2.22. The van der Waals surface area contributed by atoms with E-state index >= 15 is 0 Å². The summed E-state index contributed by atoms with van der Waals surface area (Å²) in [6.45, 7) is 3.82. The molecule has 0 saturated carbocycles. The van der Waals surface area contributed by atoms with Crippen LogP contribution in [0.4, 0.5) is 0 Å². The van der Waals surface area contributed by atoms with Crippen LogP contribution in [0.5, 0.6) is 0 Å². The molecule has 0 aromatic carbocycles. The van der Waals surface area contributed by atoms with Crippen LogP contribution in [0.3, 0.4) is 0 Å². The molecule has 5 heteroatoms. The van der Waals surface area contributed by atoms with Crippen molar-refractivity contribution in [2.75, 3.05) is 13.1 Å². The Morgan fingerprint density at radius 2 is 2.47 bits per heavy atom. The molecule has 1 saturated heterocycles. The van der Waals surface area contributed by atoms with Crippen molar-refractivity contribution >= 4 is 28.8 Å². The number of hydrogen-bond donors (Lipinski definition) is 2. The molecule has 0 bridgehead atoms. The number of rotatable bonds is 3. The van der Waals surface area contributed by atoms with Gasteiger partial charge in [0.05, 0.1) is 16.3 Å². The van der Waals surface area contributed by atoms with Crippen molar-refractivity contribution in [3.05, 3.63) is 21.3 Å². The van der Waals surface area contributed by atoms with Crippen molar-refractivity contribution in [3.63, 3.8) is 0 Å². The lowest BCUT2D eigenvalue weighted by atomic mass is 9.98. The molecule has 1 unspecified atom stereocenters. The largest absolute Gasteiger partial charge is 0.348 e. The third-order valence-corrected chi connectivity index (χ3v) is 4.46. The van der Waals surface area contributed by atoms with Crippen LogP contribution in [0.2, 0.25) is 4.34 Å². The summed E-state index contributed by atoms with van der Waals surface area (Å²) in [6, 6.07) is 3.88. The lowest BCUT2D eigenvalue weighted by molar-refractivity contribution is -0.126. The first-order valence-corrected chi connectivity index (χ1v) is 7.12. The van der Waals surface area contributed by atoms with E-state index in [1.54, 1.807) is 0 Å². The van der Waals surface area contributed by atoms with Gasteiger partial charge >= 0.3 is 0 Å². The summed E-state index contributed by atoms with van der Waals surface area (Å²) in [5, 5.41) is 6.31. The topological polar surface area (TPSA) is 41.1 Å². The summed E-state index contributed by atoms with van der Waals surface area (Å²) in [5.41, 5.74) is 0. The third kappa shape index (κ3) is 3.44. The summed E-state index contributed by atoms with van der Waals surface area (Å²) in [4.78, 5) is 13.1. The zero-order valence-electron chi connectivity index (χ0n) is 9.83. The second-order valence-corrected chi connectivity index (χ2v) is 6.16. The zero-order chi connectivity index (χ0) is 12.3. The molecule has 0 radical (unpaired) electrons. The van der Waals surface area contributed by atoms with Crippen LogP contribution in [0, 0.1) is 5.92 Å². The molecule has 2 rings (SSSR count). The Balaban J connectivity index is 1.89. The summed E-state index contributed by atoms with van der Waals surface area (Å²) in [5.74, 6) is 0.260. The molecule has 1 fully saturated rings. The maximum Gasteiger partial charge on any atom is 0.224 e. The minimum absolute atomic E-state index is 0.0435. The van der Waals surface area contributed by atoms with Crippen LogP contribution in [0.1, 0.15) is 30.7 Å². The molecule has 0 aliphatic carbocycles. The standard InChI is InChI=1S/C12H17ClN2OS/c1-8(10-4-5-11(13)17-10)15-12(16)9-3-2-6-14-7-9/h4-5,8-9,14H,2-3,6-7H2,1H3,(H,15,16)/t8?,9-/m1/s1. The van der Waals surface area contributed by atoms with E-state index in [1.165, 1.54) is 11.3 Å². The van der Waals surface area contributed by atoms with E-state index in [-0.39, 0.29) is 17.9 Å². The molecule has 1 aromatic rings. The first kappa shape index (κ1) is 12.9. The smallest absolute Gasteiger partial charge is 0.224 e. The Bertz CT molecular complexity index is 388. The number of halogens is 1. The van der Waals surface area contributed by atoms with E-state index in [0.717, 1.165) is 35.1 Å². The van der Waals surface area contributed by atoms with Gasteiger partial charge in [-0.05, 0) is 38.4 Å². The maximum absolute atomic E-state index is 12.0. The normalized spacial score (nSPS) is 22.1. The number of hydrogen-bond acceptors (Lipinski definition) is 3. The average molecular weight is 273 g/mol. The minimum atomic E-state index is 0.0435. The molecule has 2 heterocycles. The van der Waals surface area contributed by atoms with Crippen molar-refractivity contribution in [3.8, 4) is 0 Å². The van der Waals surface area contributed by atoms with Crippen LogP contribution < -0.4 is 10.6 Å². The van der Waals surface area contributed by atoms with Crippen molar-refractivity contribution < 1.29 is 4.79 Å².